The summed E-state index contributed by atoms with van der Waals surface area (Å²) in [5.41, 5.74) is 3.20. The van der Waals surface area contributed by atoms with Gasteiger partial charge in [0.25, 0.3) is 0 Å². The van der Waals surface area contributed by atoms with Crippen LogP contribution >= 0.6 is 11.6 Å². The van der Waals surface area contributed by atoms with Crippen molar-refractivity contribution in [3.63, 3.8) is 0 Å². The van der Waals surface area contributed by atoms with Crippen LogP contribution in [0.1, 0.15) is 36.6 Å². The standard InChI is InChI=1S/C25H20ClFN2O/c1-24-15-18-16-28-29(22-7-5-21(27)6-8-22)23(18)14-19(24)10-12-25(24,30)11-9-17-3-2-4-20(26)13-17/h2-8,13-14,16,30H,10,12,15H2,1H3/t24-,25-/m0/s1. The lowest BCUT2D eigenvalue weighted by atomic mass is 9.67. The summed E-state index contributed by atoms with van der Waals surface area (Å²) < 4.78 is 15.1. The average molecular weight is 419 g/mol. The van der Waals surface area contributed by atoms with Gasteiger partial charge in [0, 0.05) is 16.0 Å². The molecule has 0 amide bonds. The van der Waals surface area contributed by atoms with E-state index in [1.165, 1.54) is 17.7 Å². The predicted octanol–water partition coefficient (Wildman–Crippen LogP) is 5.19. The molecule has 2 atom stereocenters. The fraction of sp³-hybridized carbons (Fsp3) is 0.240. The molecule has 1 aromatic heterocycles. The second kappa shape index (κ2) is 6.84. The SMILES string of the molecule is C[C@]12Cc3cnn(-c4ccc(F)cc4)c3C=C1CC[C@@]2(O)C#Cc1cccc(Cl)c1. The highest BCUT2D eigenvalue weighted by Gasteiger charge is 2.54. The minimum atomic E-state index is -1.13. The van der Waals surface area contributed by atoms with Crippen molar-refractivity contribution in [2.75, 3.05) is 0 Å². The highest BCUT2D eigenvalue weighted by molar-refractivity contribution is 6.30. The van der Waals surface area contributed by atoms with Crippen LogP contribution in [0.15, 0.2) is 60.3 Å². The summed E-state index contributed by atoms with van der Waals surface area (Å²) >= 11 is 6.06. The lowest BCUT2D eigenvalue weighted by Crippen LogP contribution is -2.44. The Balaban J connectivity index is 1.52. The molecule has 3 aromatic rings. The number of hydrogen-bond acceptors (Lipinski definition) is 2. The minimum Gasteiger partial charge on any atom is -0.377 e. The molecule has 3 nitrogen and oxygen atoms in total. The van der Waals surface area contributed by atoms with Crippen LogP contribution in [0.3, 0.4) is 0 Å². The molecule has 0 bridgehead atoms. The molecule has 1 fully saturated rings. The Morgan fingerprint density at radius 1 is 1.20 bits per heavy atom. The first kappa shape index (κ1) is 19.1. The van der Waals surface area contributed by atoms with Gasteiger partial charge in [0.2, 0.25) is 0 Å². The van der Waals surface area contributed by atoms with Crippen molar-refractivity contribution < 1.29 is 9.50 Å². The van der Waals surface area contributed by atoms with E-state index in [-0.39, 0.29) is 5.82 Å². The molecule has 30 heavy (non-hydrogen) atoms. The molecule has 2 aromatic carbocycles. The molecule has 2 aliphatic carbocycles. The van der Waals surface area contributed by atoms with Gasteiger partial charge in [-0.2, -0.15) is 5.10 Å². The lowest BCUT2D eigenvalue weighted by molar-refractivity contribution is 0.0153. The molecule has 0 saturated heterocycles. The maximum Gasteiger partial charge on any atom is 0.135 e. The Labute approximate surface area is 179 Å². The maximum absolute atomic E-state index is 13.3. The van der Waals surface area contributed by atoms with Crippen molar-refractivity contribution in [1.82, 2.24) is 9.78 Å². The van der Waals surface area contributed by atoms with E-state index in [1.807, 2.05) is 23.0 Å². The molecule has 0 radical (unpaired) electrons. The van der Waals surface area contributed by atoms with Crippen LogP contribution in [-0.2, 0) is 6.42 Å². The zero-order chi connectivity index (χ0) is 20.9. The van der Waals surface area contributed by atoms with Crippen molar-refractivity contribution in [3.05, 3.63) is 88.0 Å². The topological polar surface area (TPSA) is 38.0 Å². The van der Waals surface area contributed by atoms with E-state index in [9.17, 15) is 9.50 Å². The second-order valence-electron chi connectivity index (χ2n) is 8.24. The van der Waals surface area contributed by atoms with Crippen molar-refractivity contribution in [2.24, 2.45) is 5.41 Å². The van der Waals surface area contributed by atoms with Gasteiger partial charge >= 0.3 is 0 Å². The van der Waals surface area contributed by atoms with Crippen LogP contribution in [-0.4, -0.2) is 20.5 Å². The molecule has 1 N–H and O–H groups in total. The molecule has 0 spiro atoms. The summed E-state index contributed by atoms with van der Waals surface area (Å²) in [5, 5.41) is 16.7. The first-order chi connectivity index (χ1) is 14.4. The largest absolute Gasteiger partial charge is 0.377 e. The van der Waals surface area contributed by atoms with Crippen LogP contribution in [0.2, 0.25) is 5.02 Å². The summed E-state index contributed by atoms with van der Waals surface area (Å²) in [6.07, 6.45) is 5.95. The molecule has 0 aliphatic heterocycles. The van der Waals surface area contributed by atoms with Crippen molar-refractivity contribution in [2.45, 2.75) is 31.8 Å². The van der Waals surface area contributed by atoms with E-state index in [4.69, 9.17) is 11.6 Å². The zero-order valence-corrected chi connectivity index (χ0v) is 17.2. The van der Waals surface area contributed by atoms with E-state index >= 15 is 0 Å². The van der Waals surface area contributed by atoms with Gasteiger partial charge in [-0.25, -0.2) is 9.07 Å². The summed E-state index contributed by atoms with van der Waals surface area (Å²) in [6.45, 7) is 2.08. The van der Waals surface area contributed by atoms with Gasteiger partial charge in [-0.05, 0) is 73.4 Å². The smallest absolute Gasteiger partial charge is 0.135 e. The third-order valence-corrected chi connectivity index (χ3v) is 6.66. The highest BCUT2D eigenvalue weighted by atomic mass is 35.5. The number of nitrogens with zero attached hydrogens (tertiary/aromatic N) is 2. The second-order valence-corrected chi connectivity index (χ2v) is 8.68. The average Bonchev–Trinajstić information content (AvgIpc) is 3.24. The maximum atomic E-state index is 13.3. The van der Waals surface area contributed by atoms with Gasteiger partial charge < -0.3 is 5.11 Å². The Morgan fingerprint density at radius 2 is 2.00 bits per heavy atom. The quantitative estimate of drug-likeness (QED) is 0.552. The van der Waals surface area contributed by atoms with E-state index in [0.717, 1.165) is 28.9 Å². The number of benzene rings is 2. The Kier molecular flexibility index (Phi) is 4.36. The molecule has 1 saturated carbocycles. The predicted molar refractivity (Wildman–Crippen MR) is 116 cm³/mol. The summed E-state index contributed by atoms with van der Waals surface area (Å²) in [6, 6.07) is 13.7. The molecule has 0 unspecified atom stereocenters. The van der Waals surface area contributed by atoms with Crippen LogP contribution in [0, 0.1) is 23.1 Å². The van der Waals surface area contributed by atoms with Gasteiger partial charge in [0.1, 0.15) is 11.4 Å². The third-order valence-electron chi connectivity index (χ3n) is 6.43. The van der Waals surface area contributed by atoms with Crippen molar-refractivity contribution in [1.29, 1.82) is 0 Å². The molecule has 5 heteroatoms. The van der Waals surface area contributed by atoms with Gasteiger partial charge in [0.05, 0.1) is 17.6 Å². The summed E-state index contributed by atoms with van der Waals surface area (Å²) in [4.78, 5) is 0. The van der Waals surface area contributed by atoms with Crippen molar-refractivity contribution >= 4 is 17.7 Å². The fourth-order valence-electron chi connectivity index (χ4n) is 4.58. The number of aliphatic hydroxyl groups is 1. The van der Waals surface area contributed by atoms with E-state index in [0.29, 0.717) is 17.9 Å². The summed E-state index contributed by atoms with van der Waals surface area (Å²) in [7, 11) is 0. The normalized spacial score (nSPS) is 24.5. The lowest BCUT2D eigenvalue weighted by Gasteiger charge is -2.39. The van der Waals surface area contributed by atoms with E-state index in [2.05, 4.69) is 29.9 Å². The number of hydrogen-bond donors (Lipinski definition) is 1. The van der Waals surface area contributed by atoms with Crippen LogP contribution in [0.25, 0.3) is 11.8 Å². The van der Waals surface area contributed by atoms with Crippen LogP contribution in [0.5, 0.6) is 0 Å². The molecule has 1 heterocycles. The Bertz CT molecular complexity index is 1230. The first-order valence-electron chi connectivity index (χ1n) is 9.93. The van der Waals surface area contributed by atoms with Crippen molar-refractivity contribution in [3.8, 4) is 17.5 Å². The van der Waals surface area contributed by atoms with Gasteiger partial charge in [-0.1, -0.05) is 42.0 Å². The number of aromatic nitrogens is 2. The Morgan fingerprint density at radius 3 is 2.77 bits per heavy atom. The number of fused-ring (bicyclic) bond motifs is 2. The number of rotatable bonds is 1. The minimum absolute atomic E-state index is 0.273. The first-order valence-corrected chi connectivity index (χ1v) is 10.3. The number of halogens is 2. The summed E-state index contributed by atoms with van der Waals surface area (Å²) in [5.74, 6) is 6.00. The highest BCUT2D eigenvalue weighted by Crippen LogP contribution is 2.55. The zero-order valence-electron chi connectivity index (χ0n) is 16.5. The van der Waals surface area contributed by atoms with E-state index < -0.39 is 11.0 Å². The van der Waals surface area contributed by atoms with Gasteiger partial charge in [-0.15, -0.1) is 0 Å². The van der Waals surface area contributed by atoms with E-state index in [1.54, 1.807) is 24.3 Å². The third kappa shape index (κ3) is 2.98. The molecule has 2 aliphatic rings. The van der Waals surface area contributed by atoms with Crippen LogP contribution in [0.4, 0.5) is 4.39 Å². The molecular weight excluding hydrogens is 399 g/mol. The Hall–Kier alpha value is -2.87. The molecule has 150 valence electrons. The molecule has 5 rings (SSSR count). The molecular formula is C25H20ClFN2O. The monoisotopic (exact) mass is 418 g/mol. The van der Waals surface area contributed by atoms with Gasteiger partial charge in [0.15, 0.2) is 0 Å². The van der Waals surface area contributed by atoms with Gasteiger partial charge in [-0.3, -0.25) is 0 Å². The van der Waals surface area contributed by atoms with Crippen LogP contribution < -0.4 is 0 Å². The fourth-order valence-corrected chi connectivity index (χ4v) is 4.77.